The fraction of sp³-hybridized carbons (Fsp3) is 0.333. The monoisotopic (exact) mass is 332 g/mol. The van der Waals surface area contributed by atoms with Crippen LogP contribution < -0.4 is 14.9 Å². The van der Waals surface area contributed by atoms with Gasteiger partial charge in [-0.1, -0.05) is 31.5 Å². The molecule has 0 aliphatic heterocycles. The zero-order chi connectivity index (χ0) is 17.4. The fourth-order valence-corrected chi connectivity index (χ4v) is 2.22. The second-order valence-electron chi connectivity index (χ2n) is 5.50. The maximum atomic E-state index is 13.6. The lowest BCUT2D eigenvalue weighted by molar-refractivity contribution is 0.307. The summed E-state index contributed by atoms with van der Waals surface area (Å²) >= 11 is 0. The summed E-state index contributed by atoms with van der Waals surface area (Å²) in [5, 5.41) is 18.0. The van der Waals surface area contributed by atoms with Crippen molar-refractivity contribution in [3.63, 3.8) is 0 Å². The highest BCUT2D eigenvalue weighted by atomic mass is 19.1. The second-order valence-corrected chi connectivity index (χ2v) is 5.50. The van der Waals surface area contributed by atoms with Crippen molar-refractivity contribution in [3.8, 4) is 11.5 Å². The van der Waals surface area contributed by atoms with Gasteiger partial charge in [0, 0.05) is 17.9 Å². The molecule has 6 heteroatoms. The van der Waals surface area contributed by atoms with Crippen LogP contribution in [0.5, 0.6) is 11.5 Å². The molecule has 0 radical (unpaired) electrons. The van der Waals surface area contributed by atoms with E-state index in [0.29, 0.717) is 25.4 Å². The first-order valence-corrected chi connectivity index (χ1v) is 8.10. The van der Waals surface area contributed by atoms with Gasteiger partial charge in [0.2, 0.25) is 0 Å². The minimum absolute atomic E-state index is 0.167. The molecule has 0 bridgehead atoms. The van der Waals surface area contributed by atoms with Crippen molar-refractivity contribution < 1.29 is 23.9 Å². The molecule has 0 atom stereocenters. The van der Waals surface area contributed by atoms with Crippen molar-refractivity contribution in [1.82, 2.24) is 0 Å². The molecular formula is C18H22BFO4. The lowest BCUT2D eigenvalue weighted by Gasteiger charge is -2.10. The molecule has 2 rings (SSSR count). The van der Waals surface area contributed by atoms with E-state index >= 15 is 0 Å². The predicted molar refractivity (Wildman–Crippen MR) is 92.3 cm³/mol. The van der Waals surface area contributed by atoms with Crippen molar-refractivity contribution >= 4 is 12.6 Å². The van der Waals surface area contributed by atoms with Crippen molar-refractivity contribution in [2.45, 2.75) is 26.2 Å². The molecule has 128 valence electrons. The van der Waals surface area contributed by atoms with E-state index in [0.717, 1.165) is 30.2 Å². The number of hydrogen-bond donors (Lipinski definition) is 2. The Morgan fingerprint density at radius 3 is 2.46 bits per heavy atom. The van der Waals surface area contributed by atoms with E-state index in [9.17, 15) is 4.39 Å². The molecule has 0 saturated heterocycles. The molecule has 2 aromatic rings. The van der Waals surface area contributed by atoms with Crippen LogP contribution in [0.1, 0.15) is 25.3 Å². The molecule has 2 aromatic carbocycles. The average molecular weight is 332 g/mol. The summed E-state index contributed by atoms with van der Waals surface area (Å²) in [4.78, 5) is 0. The van der Waals surface area contributed by atoms with E-state index in [4.69, 9.17) is 19.5 Å². The molecule has 0 saturated carbocycles. The maximum Gasteiger partial charge on any atom is 0.491 e. The first-order chi connectivity index (χ1) is 11.6. The standard InChI is InChI=1S/C18H22BFO4/c1-2-3-10-23-15-6-4-5-14(12-15)9-11-24-16-7-8-17(19(21)22)18(20)13-16/h4-8,12-13,21-22H,2-3,9-11H2,1H3. The van der Waals surface area contributed by atoms with Crippen molar-refractivity contribution in [1.29, 1.82) is 0 Å². The van der Waals surface area contributed by atoms with E-state index in [1.807, 2.05) is 24.3 Å². The fourth-order valence-electron chi connectivity index (χ4n) is 2.22. The SMILES string of the molecule is CCCCOc1cccc(CCOc2ccc(B(O)O)c(F)c2)c1. The van der Waals surface area contributed by atoms with Gasteiger partial charge in [-0.15, -0.1) is 0 Å². The highest BCUT2D eigenvalue weighted by Crippen LogP contribution is 2.16. The number of ether oxygens (including phenoxy) is 2. The Balaban J connectivity index is 1.85. The Bertz CT molecular complexity index is 649. The summed E-state index contributed by atoms with van der Waals surface area (Å²) in [6.45, 7) is 3.21. The van der Waals surface area contributed by atoms with E-state index < -0.39 is 12.9 Å². The van der Waals surface area contributed by atoms with E-state index in [2.05, 4.69) is 6.92 Å². The Labute approximate surface area is 142 Å². The van der Waals surface area contributed by atoms with E-state index in [1.54, 1.807) is 0 Å². The van der Waals surface area contributed by atoms with Gasteiger partial charge in [0.15, 0.2) is 0 Å². The van der Waals surface area contributed by atoms with Crippen LogP contribution in [-0.4, -0.2) is 30.4 Å². The first-order valence-electron chi connectivity index (χ1n) is 8.10. The third-order valence-corrected chi connectivity index (χ3v) is 3.57. The maximum absolute atomic E-state index is 13.6. The summed E-state index contributed by atoms with van der Waals surface area (Å²) in [7, 11) is -1.82. The molecule has 0 amide bonds. The van der Waals surface area contributed by atoms with Gasteiger partial charge in [-0.3, -0.25) is 0 Å². The van der Waals surface area contributed by atoms with Crippen LogP contribution in [0, 0.1) is 5.82 Å². The molecule has 0 unspecified atom stereocenters. The molecule has 0 heterocycles. The van der Waals surface area contributed by atoms with Gasteiger partial charge in [-0.05, 0) is 30.2 Å². The van der Waals surface area contributed by atoms with Gasteiger partial charge in [0.25, 0.3) is 0 Å². The molecule has 0 aliphatic rings. The number of rotatable bonds is 9. The summed E-state index contributed by atoms with van der Waals surface area (Å²) in [5.74, 6) is 0.495. The van der Waals surface area contributed by atoms with Gasteiger partial charge < -0.3 is 19.5 Å². The number of hydrogen-bond acceptors (Lipinski definition) is 4. The lowest BCUT2D eigenvalue weighted by atomic mass is 9.80. The lowest BCUT2D eigenvalue weighted by Crippen LogP contribution is -2.32. The minimum Gasteiger partial charge on any atom is -0.494 e. The van der Waals surface area contributed by atoms with Crippen molar-refractivity contribution in [2.24, 2.45) is 0 Å². The molecular weight excluding hydrogens is 310 g/mol. The molecule has 0 fully saturated rings. The summed E-state index contributed by atoms with van der Waals surface area (Å²) in [6, 6.07) is 11.8. The van der Waals surface area contributed by atoms with Crippen LogP contribution in [0.25, 0.3) is 0 Å². The van der Waals surface area contributed by atoms with Crippen LogP contribution in [0.2, 0.25) is 0 Å². The van der Waals surface area contributed by atoms with Crippen molar-refractivity contribution in [3.05, 3.63) is 53.8 Å². The first kappa shape index (κ1) is 18.3. The second kappa shape index (κ2) is 9.30. The number of halogens is 1. The third kappa shape index (κ3) is 5.55. The molecule has 0 spiro atoms. The van der Waals surface area contributed by atoms with E-state index in [-0.39, 0.29) is 5.46 Å². The topological polar surface area (TPSA) is 58.9 Å². The molecule has 0 aromatic heterocycles. The Morgan fingerprint density at radius 2 is 1.75 bits per heavy atom. The summed E-state index contributed by atoms with van der Waals surface area (Å²) < 4.78 is 24.8. The summed E-state index contributed by atoms with van der Waals surface area (Å²) in [6.07, 6.45) is 2.78. The van der Waals surface area contributed by atoms with Crippen molar-refractivity contribution in [2.75, 3.05) is 13.2 Å². The quantitative estimate of drug-likeness (QED) is 0.547. The summed E-state index contributed by atoms with van der Waals surface area (Å²) in [5.41, 5.74) is 0.908. The minimum atomic E-state index is -1.82. The highest BCUT2D eigenvalue weighted by Gasteiger charge is 2.16. The van der Waals surface area contributed by atoms with Gasteiger partial charge in [0.1, 0.15) is 17.3 Å². The van der Waals surface area contributed by atoms with Crippen LogP contribution in [0.3, 0.4) is 0 Å². The predicted octanol–water partition coefficient (Wildman–Crippen LogP) is 2.31. The smallest absolute Gasteiger partial charge is 0.491 e. The molecule has 24 heavy (non-hydrogen) atoms. The largest absolute Gasteiger partial charge is 0.494 e. The Kier molecular flexibility index (Phi) is 7.09. The molecule has 0 aliphatic carbocycles. The van der Waals surface area contributed by atoms with Gasteiger partial charge >= 0.3 is 7.12 Å². The normalized spacial score (nSPS) is 10.5. The molecule has 2 N–H and O–H groups in total. The average Bonchev–Trinajstić information content (AvgIpc) is 2.55. The Morgan fingerprint density at radius 1 is 1.00 bits per heavy atom. The van der Waals surface area contributed by atoms with E-state index in [1.165, 1.54) is 12.1 Å². The van der Waals surface area contributed by atoms with Crippen LogP contribution >= 0.6 is 0 Å². The van der Waals surface area contributed by atoms with Crippen LogP contribution in [-0.2, 0) is 6.42 Å². The highest BCUT2D eigenvalue weighted by molar-refractivity contribution is 6.58. The zero-order valence-electron chi connectivity index (χ0n) is 13.7. The number of unbranched alkanes of at least 4 members (excludes halogenated alkanes) is 1. The van der Waals surface area contributed by atoms with Gasteiger partial charge in [0.05, 0.1) is 13.2 Å². The number of benzene rings is 2. The molecule has 4 nitrogen and oxygen atoms in total. The van der Waals surface area contributed by atoms with Crippen LogP contribution in [0.4, 0.5) is 4.39 Å². The van der Waals surface area contributed by atoms with Gasteiger partial charge in [-0.2, -0.15) is 0 Å². The third-order valence-electron chi connectivity index (χ3n) is 3.57. The van der Waals surface area contributed by atoms with Gasteiger partial charge in [-0.25, -0.2) is 4.39 Å². The Hall–Kier alpha value is -2.05. The zero-order valence-corrected chi connectivity index (χ0v) is 13.7. The van der Waals surface area contributed by atoms with Crippen LogP contribution in [0.15, 0.2) is 42.5 Å².